The Balaban J connectivity index is 2.53. The standard InChI is InChI=1S/C12H14BrNO4/c1-7-10(13)11(15)9(12(16)17)6-14(7)8-2-4-18-5-3-8/h6,8H,2-5H2,1H3,(H,16,17). The van der Waals surface area contributed by atoms with Crippen molar-refractivity contribution in [2.75, 3.05) is 13.2 Å². The molecule has 98 valence electrons. The molecule has 0 amide bonds. The molecule has 2 rings (SSSR count). The Morgan fingerprint density at radius 2 is 2.11 bits per heavy atom. The first-order valence-electron chi connectivity index (χ1n) is 5.74. The van der Waals surface area contributed by atoms with E-state index in [0.717, 1.165) is 18.5 Å². The van der Waals surface area contributed by atoms with E-state index in [4.69, 9.17) is 9.84 Å². The molecule has 0 saturated carbocycles. The molecule has 6 heteroatoms. The van der Waals surface area contributed by atoms with Crippen LogP contribution in [0.25, 0.3) is 0 Å². The fraction of sp³-hybridized carbons (Fsp3) is 0.500. The molecule has 1 aromatic rings. The van der Waals surface area contributed by atoms with Gasteiger partial charge in [-0.3, -0.25) is 4.79 Å². The van der Waals surface area contributed by atoms with Crippen molar-refractivity contribution in [3.8, 4) is 0 Å². The highest BCUT2D eigenvalue weighted by Gasteiger charge is 2.21. The molecule has 1 N–H and O–H groups in total. The lowest BCUT2D eigenvalue weighted by Crippen LogP contribution is -2.26. The van der Waals surface area contributed by atoms with Crippen LogP contribution in [0.3, 0.4) is 0 Å². The number of nitrogens with zero attached hydrogens (tertiary/aromatic N) is 1. The van der Waals surface area contributed by atoms with Crippen molar-refractivity contribution < 1.29 is 14.6 Å². The minimum absolute atomic E-state index is 0.189. The molecule has 1 aliphatic rings. The van der Waals surface area contributed by atoms with Gasteiger partial charge in [-0.25, -0.2) is 4.79 Å². The molecule has 0 spiro atoms. The van der Waals surface area contributed by atoms with Gasteiger partial charge in [-0.1, -0.05) is 0 Å². The van der Waals surface area contributed by atoms with Crippen LogP contribution >= 0.6 is 15.9 Å². The summed E-state index contributed by atoms with van der Waals surface area (Å²) in [5, 5.41) is 9.04. The third kappa shape index (κ3) is 2.35. The summed E-state index contributed by atoms with van der Waals surface area (Å²) in [6, 6.07) is 0.189. The Morgan fingerprint density at radius 1 is 1.50 bits per heavy atom. The molecule has 5 nitrogen and oxygen atoms in total. The van der Waals surface area contributed by atoms with Gasteiger partial charge in [-0.2, -0.15) is 0 Å². The zero-order chi connectivity index (χ0) is 13.3. The Kier molecular flexibility index (Phi) is 3.87. The molecule has 0 unspecified atom stereocenters. The molecular weight excluding hydrogens is 302 g/mol. The quantitative estimate of drug-likeness (QED) is 0.906. The summed E-state index contributed by atoms with van der Waals surface area (Å²) in [6.07, 6.45) is 3.10. The van der Waals surface area contributed by atoms with Gasteiger partial charge in [0.2, 0.25) is 5.43 Å². The normalized spacial score (nSPS) is 16.8. The number of ether oxygens (including phenoxy) is 1. The van der Waals surface area contributed by atoms with E-state index >= 15 is 0 Å². The molecule has 0 bridgehead atoms. The minimum Gasteiger partial charge on any atom is -0.477 e. The van der Waals surface area contributed by atoms with Gasteiger partial charge in [-0.05, 0) is 35.7 Å². The number of carbonyl (C=O) groups is 1. The van der Waals surface area contributed by atoms with Crippen molar-refractivity contribution >= 4 is 21.9 Å². The minimum atomic E-state index is -1.19. The van der Waals surface area contributed by atoms with Crippen molar-refractivity contribution in [3.05, 3.63) is 32.2 Å². The van der Waals surface area contributed by atoms with Crippen LogP contribution < -0.4 is 5.43 Å². The Hall–Kier alpha value is -1.14. The molecule has 0 atom stereocenters. The van der Waals surface area contributed by atoms with Crippen LogP contribution in [-0.4, -0.2) is 28.9 Å². The summed E-state index contributed by atoms with van der Waals surface area (Å²) < 4.78 is 7.49. The van der Waals surface area contributed by atoms with Crippen molar-refractivity contribution in [2.45, 2.75) is 25.8 Å². The first-order chi connectivity index (χ1) is 8.52. The Morgan fingerprint density at radius 3 is 2.67 bits per heavy atom. The van der Waals surface area contributed by atoms with Crippen LogP contribution in [0.5, 0.6) is 0 Å². The second-order valence-corrected chi connectivity index (χ2v) is 5.12. The molecule has 0 aliphatic carbocycles. The summed E-state index contributed by atoms with van der Waals surface area (Å²) in [6.45, 7) is 3.14. The molecule has 18 heavy (non-hydrogen) atoms. The van der Waals surface area contributed by atoms with Gasteiger partial charge < -0.3 is 14.4 Å². The molecule has 0 radical (unpaired) electrons. The number of hydrogen-bond acceptors (Lipinski definition) is 3. The van der Waals surface area contributed by atoms with Crippen molar-refractivity contribution in [2.24, 2.45) is 0 Å². The van der Waals surface area contributed by atoms with Crippen LogP contribution in [0.2, 0.25) is 0 Å². The fourth-order valence-electron chi connectivity index (χ4n) is 2.19. The molecule has 1 saturated heterocycles. The average Bonchev–Trinajstić information content (AvgIpc) is 2.37. The maximum absolute atomic E-state index is 11.8. The molecule has 0 aromatic carbocycles. The molecular formula is C12H14BrNO4. The van der Waals surface area contributed by atoms with Crippen LogP contribution in [0, 0.1) is 6.92 Å². The number of carboxylic acid groups (broad SMARTS) is 1. The molecule has 1 aliphatic heterocycles. The number of rotatable bonds is 2. The van der Waals surface area contributed by atoms with Gasteiger partial charge in [0.15, 0.2) is 0 Å². The number of halogens is 1. The zero-order valence-corrected chi connectivity index (χ0v) is 11.6. The highest BCUT2D eigenvalue weighted by atomic mass is 79.9. The summed E-state index contributed by atoms with van der Waals surface area (Å²) in [7, 11) is 0. The zero-order valence-electron chi connectivity index (χ0n) is 9.98. The van der Waals surface area contributed by atoms with E-state index in [1.807, 2.05) is 11.5 Å². The van der Waals surface area contributed by atoms with Gasteiger partial charge in [0, 0.05) is 31.1 Å². The SMILES string of the molecule is Cc1c(Br)c(=O)c(C(=O)O)cn1C1CCOCC1. The maximum atomic E-state index is 11.8. The van der Waals surface area contributed by atoms with Crippen molar-refractivity contribution in [1.82, 2.24) is 4.57 Å². The summed E-state index contributed by atoms with van der Waals surface area (Å²) in [4.78, 5) is 22.9. The summed E-state index contributed by atoms with van der Waals surface area (Å²) in [5.41, 5.74) is 0.0965. The fourth-order valence-corrected chi connectivity index (χ4v) is 2.60. The number of aromatic carboxylic acids is 1. The van der Waals surface area contributed by atoms with Crippen molar-refractivity contribution in [1.29, 1.82) is 0 Å². The second kappa shape index (κ2) is 5.24. The number of pyridine rings is 1. The highest BCUT2D eigenvalue weighted by Crippen LogP contribution is 2.25. The van der Waals surface area contributed by atoms with Crippen LogP contribution in [0.1, 0.15) is 34.9 Å². The molecule has 1 fully saturated rings. The van der Waals surface area contributed by atoms with E-state index in [1.165, 1.54) is 6.20 Å². The maximum Gasteiger partial charge on any atom is 0.341 e. The smallest absolute Gasteiger partial charge is 0.341 e. The first-order valence-corrected chi connectivity index (χ1v) is 6.54. The highest BCUT2D eigenvalue weighted by molar-refractivity contribution is 9.10. The number of carboxylic acids is 1. The number of hydrogen-bond donors (Lipinski definition) is 1. The van der Waals surface area contributed by atoms with Crippen LogP contribution in [-0.2, 0) is 4.74 Å². The van der Waals surface area contributed by atoms with E-state index < -0.39 is 11.4 Å². The van der Waals surface area contributed by atoms with E-state index in [2.05, 4.69) is 15.9 Å². The van der Waals surface area contributed by atoms with Gasteiger partial charge >= 0.3 is 5.97 Å². The van der Waals surface area contributed by atoms with Gasteiger partial charge in [0.25, 0.3) is 0 Å². The predicted molar refractivity (Wildman–Crippen MR) is 69.2 cm³/mol. The van der Waals surface area contributed by atoms with Gasteiger partial charge in [-0.15, -0.1) is 0 Å². The Labute approximate surface area is 113 Å². The summed E-state index contributed by atoms with van der Waals surface area (Å²) >= 11 is 3.19. The molecule has 2 heterocycles. The predicted octanol–water partition coefficient (Wildman–Crippen LogP) is 1.97. The van der Waals surface area contributed by atoms with Crippen LogP contribution in [0.15, 0.2) is 15.5 Å². The van der Waals surface area contributed by atoms with Gasteiger partial charge in [0.1, 0.15) is 5.56 Å². The Bertz CT molecular complexity index is 532. The average molecular weight is 316 g/mol. The lowest BCUT2D eigenvalue weighted by Gasteiger charge is -2.27. The summed E-state index contributed by atoms with van der Waals surface area (Å²) in [5.74, 6) is -1.19. The van der Waals surface area contributed by atoms with E-state index in [-0.39, 0.29) is 11.6 Å². The van der Waals surface area contributed by atoms with E-state index in [9.17, 15) is 9.59 Å². The van der Waals surface area contributed by atoms with E-state index in [0.29, 0.717) is 17.7 Å². The lowest BCUT2D eigenvalue weighted by molar-refractivity contribution is 0.0670. The molecule has 1 aromatic heterocycles. The number of aromatic nitrogens is 1. The monoisotopic (exact) mass is 315 g/mol. The lowest BCUT2D eigenvalue weighted by atomic mass is 10.1. The van der Waals surface area contributed by atoms with Crippen molar-refractivity contribution in [3.63, 3.8) is 0 Å². The van der Waals surface area contributed by atoms with E-state index in [1.54, 1.807) is 0 Å². The first kappa shape index (κ1) is 13.3. The topological polar surface area (TPSA) is 68.5 Å². The largest absolute Gasteiger partial charge is 0.477 e. The third-order valence-corrected chi connectivity index (χ3v) is 4.17. The third-order valence-electron chi connectivity index (χ3n) is 3.23. The van der Waals surface area contributed by atoms with Crippen LogP contribution in [0.4, 0.5) is 0 Å². The van der Waals surface area contributed by atoms with Gasteiger partial charge in [0.05, 0.1) is 4.47 Å². The second-order valence-electron chi connectivity index (χ2n) is 4.33.